The summed E-state index contributed by atoms with van der Waals surface area (Å²) in [6, 6.07) is 13.1. The lowest BCUT2D eigenvalue weighted by Crippen LogP contribution is -2.20. The van der Waals surface area contributed by atoms with E-state index in [0.717, 1.165) is 5.56 Å². The number of hydrogen-bond acceptors (Lipinski definition) is 5. The summed E-state index contributed by atoms with van der Waals surface area (Å²) in [4.78, 5) is 27.3. The lowest BCUT2D eigenvalue weighted by molar-refractivity contribution is -0.153. The van der Waals surface area contributed by atoms with E-state index in [1.807, 2.05) is 30.3 Å². The van der Waals surface area contributed by atoms with Gasteiger partial charge in [-0.1, -0.05) is 30.3 Å². The van der Waals surface area contributed by atoms with Crippen LogP contribution in [0.25, 0.3) is 0 Å². The number of Topliss-reactive ketones (excluding diaryl/α,β-unsaturated/α-hetero) is 1. The van der Waals surface area contributed by atoms with Crippen LogP contribution < -0.4 is 4.74 Å². The molecule has 0 amide bonds. The van der Waals surface area contributed by atoms with Crippen molar-refractivity contribution in [2.24, 2.45) is 0 Å². The van der Waals surface area contributed by atoms with Gasteiger partial charge in [-0.2, -0.15) is 0 Å². The smallest absolute Gasteiger partial charge is 0.375 e. The number of nitrogens with zero attached hydrogens (tertiary/aromatic N) is 1. The van der Waals surface area contributed by atoms with Gasteiger partial charge in [-0.25, -0.2) is 4.79 Å². The van der Waals surface area contributed by atoms with E-state index in [-0.39, 0.29) is 13.0 Å². The SMILES string of the molecule is CCOC(=O)C(=O)Cc1ncccc1OCc1ccccc1. The van der Waals surface area contributed by atoms with Crippen LogP contribution >= 0.6 is 0 Å². The summed E-state index contributed by atoms with van der Waals surface area (Å²) in [5, 5.41) is 0. The Morgan fingerprint density at radius 1 is 1.09 bits per heavy atom. The number of aromatic nitrogens is 1. The molecule has 0 aliphatic rings. The maximum absolute atomic E-state index is 11.8. The van der Waals surface area contributed by atoms with E-state index in [2.05, 4.69) is 9.72 Å². The molecule has 1 heterocycles. The van der Waals surface area contributed by atoms with Crippen molar-refractivity contribution >= 4 is 11.8 Å². The van der Waals surface area contributed by atoms with E-state index < -0.39 is 11.8 Å². The normalized spacial score (nSPS) is 10.0. The van der Waals surface area contributed by atoms with Crippen molar-refractivity contribution in [2.45, 2.75) is 20.0 Å². The Balaban J connectivity index is 2.03. The third-order valence-electron chi connectivity index (χ3n) is 2.92. The third kappa shape index (κ3) is 4.41. The summed E-state index contributed by atoms with van der Waals surface area (Å²) in [7, 11) is 0. The first-order chi connectivity index (χ1) is 10.7. The predicted octanol–water partition coefficient (Wildman–Crippen LogP) is 2.34. The zero-order chi connectivity index (χ0) is 15.8. The molecule has 114 valence electrons. The van der Waals surface area contributed by atoms with Crippen LogP contribution in [0.5, 0.6) is 5.75 Å². The van der Waals surface area contributed by atoms with Crippen LogP contribution in [-0.2, 0) is 27.4 Å². The number of benzene rings is 1. The number of ether oxygens (including phenoxy) is 2. The second kappa shape index (κ2) is 7.93. The first kappa shape index (κ1) is 15.7. The average molecular weight is 299 g/mol. The van der Waals surface area contributed by atoms with Crippen molar-refractivity contribution in [3.8, 4) is 5.75 Å². The van der Waals surface area contributed by atoms with Crippen molar-refractivity contribution in [3.05, 3.63) is 59.9 Å². The Labute approximate surface area is 128 Å². The summed E-state index contributed by atoms with van der Waals surface area (Å²) in [5.74, 6) is -0.990. The molecule has 0 aliphatic carbocycles. The first-order valence-electron chi connectivity index (χ1n) is 7.01. The molecule has 2 rings (SSSR count). The highest BCUT2D eigenvalue weighted by Crippen LogP contribution is 2.18. The van der Waals surface area contributed by atoms with Crippen LogP contribution in [0.15, 0.2) is 48.7 Å². The summed E-state index contributed by atoms with van der Waals surface area (Å²) in [6.07, 6.45) is 1.42. The van der Waals surface area contributed by atoms with Crippen LogP contribution in [0.1, 0.15) is 18.2 Å². The lowest BCUT2D eigenvalue weighted by Gasteiger charge is -2.10. The highest BCUT2D eigenvalue weighted by Gasteiger charge is 2.18. The maximum atomic E-state index is 11.8. The predicted molar refractivity (Wildman–Crippen MR) is 80.4 cm³/mol. The van der Waals surface area contributed by atoms with Gasteiger partial charge in [0.1, 0.15) is 12.4 Å². The zero-order valence-corrected chi connectivity index (χ0v) is 12.3. The van der Waals surface area contributed by atoms with Gasteiger partial charge in [0.05, 0.1) is 18.7 Å². The molecule has 1 aromatic heterocycles. The minimum atomic E-state index is -0.845. The number of carbonyl (C=O) groups excluding carboxylic acids is 2. The summed E-state index contributed by atoms with van der Waals surface area (Å²) in [6.45, 7) is 2.19. The molecule has 0 unspecified atom stereocenters. The Morgan fingerprint density at radius 3 is 2.59 bits per heavy atom. The van der Waals surface area contributed by atoms with Crippen molar-refractivity contribution < 1.29 is 19.1 Å². The van der Waals surface area contributed by atoms with E-state index in [4.69, 9.17) is 4.74 Å². The highest BCUT2D eigenvalue weighted by molar-refractivity contribution is 6.34. The fraction of sp³-hybridized carbons (Fsp3) is 0.235. The molecular weight excluding hydrogens is 282 g/mol. The largest absolute Gasteiger partial charge is 0.487 e. The van der Waals surface area contributed by atoms with E-state index in [9.17, 15) is 9.59 Å². The van der Waals surface area contributed by atoms with E-state index >= 15 is 0 Å². The monoisotopic (exact) mass is 299 g/mol. The first-order valence-corrected chi connectivity index (χ1v) is 7.01. The van der Waals surface area contributed by atoms with Crippen molar-refractivity contribution in [3.63, 3.8) is 0 Å². The van der Waals surface area contributed by atoms with Gasteiger partial charge >= 0.3 is 5.97 Å². The fourth-order valence-electron chi connectivity index (χ4n) is 1.86. The molecule has 0 N–H and O–H groups in total. The van der Waals surface area contributed by atoms with Crippen molar-refractivity contribution in [1.29, 1.82) is 0 Å². The molecule has 22 heavy (non-hydrogen) atoms. The quantitative estimate of drug-likeness (QED) is 0.580. The van der Waals surface area contributed by atoms with Crippen LogP contribution in [0.3, 0.4) is 0 Å². The van der Waals surface area contributed by atoms with Gasteiger partial charge in [-0.3, -0.25) is 9.78 Å². The Morgan fingerprint density at radius 2 is 1.86 bits per heavy atom. The van der Waals surface area contributed by atoms with Gasteiger partial charge in [-0.15, -0.1) is 0 Å². The van der Waals surface area contributed by atoms with E-state index in [1.54, 1.807) is 25.3 Å². The minimum Gasteiger partial charge on any atom is -0.487 e. The number of pyridine rings is 1. The van der Waals surface area contributed by atoms with Gasteiger partial charge in [-0.05, 0) is 24.6 Å². The van der Waals surface area contributed by atoms with Crippen LogP contribution in [0.2, 0.25) is 0 Å². The molecule has 5 heteroatoms. The Bertz CT molecular complexity index is 640. The molecule has 0 atom stereocenters. The molecule has 0 aliphatic heterocycles. The highest BCUT2D eigenvalue weighted by atomic mass is 16.5. The number of esters is 1. The Hall–Kier alpha value is -2.69. The van der Waals surface area contributed by atoms with Crippen molar-refractivity contribution in [1.82, 2.24) is 4.98 Å². The van der Waals surface area contributed by atoms with Gasteiger partial charge in [0.15, 0.2) is 0 Å². The number of carbonyl (C=O) groups is 2. The van der Waals surface area contributed by atoms with Crippen LogP contribution in [0, 0.1) is 0 Å². The van der Waals surface area contributed by atoms with Crippen LogP contribution in [0.4, 0.5) is 0 Å². The molecule has 0 fully saturated rings. The molecular formula is C17H17NO4. The summed E-state index contributed by atoms with van der Waals surface area (Å²) >= 11 is 0. The Kier molecular flexibility index (Phi) is 5.65. The molecule has 0 saturated heterocycles. The van der Waals surface area contributed by atoms with Crippen molar-refractivity contribution in [2.75, 3.05) is 6.61 Å². The minimum absolute atomic E-state index is 0.135. The topological polar surface area (TPSA) is 65.5 Å². The molecule has 5 nitrogen and oxygen atoms in total. The number of hydrogen-bond donors (Lipinski definition) is 0. The lowest BCUT2D eigenvalue weighted by atomic mass is 10.2. The summed E-state index contributed by atoms with van der Waals surface area (Å²) in [5.41, 5.74) is 1.44. The van der Waals surface area contributed by atoms with Gasteiger partial charge in [0, 0.05) is 6.20 Å². The standard InChI is InChI=1S/C17H17NO4/c1-2-21-17(20)15(19)11-14-16(9-6-10-18-14)22-12-13-7-4-3-5-8-13/h3-10H,2,11-12H2,1H3. The van der Waals surface area contributed by atoms with Gasteiger partial charge in [0.25, 0.3) is 0 Å². The van der Waals surface area contributed by atoms with E-state index in [1.165, 1.54) is 0 Å². The second-order valence-electron chi connectivity index (χ2n) is 4.54. The average Bonchev–Trinajstić information content (AvgIpc) is 2.55. The maximum Gasteiger partial charge on any atom is 0.375 e. The van der Waals surface area contributed by atoms with Gasteiger partial charge < -0.3 is 9.47 Å². The molecule has 0 spiro atoms. The van der Waals surface area contributed by atoms with E-state index in [0.29, 0.717) is 18.1 Å². The zero-order valence-electron chi connectivity index (χ0n) is 12.3. The summed E-state index contributed by atoms with van der Waals surface area (Å²) < 4.78 is 10.4. The number of rotatable bonds is 7. The molecule has 0 radical (unpaired) electrons. The number of ketones is 1. The second-order valence-corrected chi connectivity index (χ2v) is 4.54. The molecule has 1 aromatic carbocycles. The van der Waals surface area contributed by atoms with Crippen LogP contribution in [-0.4, -0.2) is 23.3 Å². The fourth-order valence-corrected chi connectivity index (χ4v) is 1.86. The molecule has 0 bridgehead atoms. The molecule has 2 aromatic rings. The third-order valence-corrected chi connectivity index (χ3v) is 2.92. The van der Waals surface area contributed by atoms with Gasteiger partial charge in [0.2, 0.25) is 5.78 Å². The molecule has 0 saturated carbocycles.